The summed E-state index contributed by atoms with van der Waals surface area (Å²) in [7, 11) is 0. The molecule has 1 N–H and O–H groups in total. The zero-order chi connectivity index (χ0) is 13.0. The Hall–Kier alpha value is -1.75. The van der Waals surface area contributed by atoms with E-state index in [1.165, 1.54) is 12.1 Å². The number of para-hydroxylation sites is 1. The summed E-state index contributed by atoms with van der Waals surface area (Å²) in [6.07, 6.45) is 1.12. The lowest BCUT2D eigenvalue weighted by Gasteiger charge is -2.01. The van der Waals surface area contributed by atoms with Crippen LogP contribution in [0, 0.1) is 11.6 Å². The maximum absolute atomic E-state index is 13.4. The summed E-state index contributed by atoms with van der Waals surface area (Å²) >= 11 is 3.01. The van der Waals surface area contributed by atoms with Crippen molar-refractivity contribution in [1.82, 2.24) is 0 Å². The third kappa shape index (κ3) is 3.13. The highest BCUT2D eigenvalue weighted by Gasteiger charge is 2.07. The zero-order valence-electron chi connectivity index (χ0n) is 9.20. The number of hydrazone groups is 1. The molecule has 0 spiro atoms. The highest BCUT2D eigenvalue weighted by Crippen LogP contribution is 2.18. The molecular formula is C13H9BrF2N2. The van der Waals surface area contributed by atoms with Gasteiger partial charge in [-0.1, -0.05) is 34.1 Å². The van der Waals surface area contributed by atoms with E-state index in [2.05, 4.69) is 26.5 Å². The Bertz CT molecular complexity index is 547. The van der Waals surface area contributed by atoms with Crippen molar-refractivity contribution in [1.29, 1.82) is 0 Å². The summed E-state index contributed by atoms with van der Waals surface area (Å²) < 4.78 is 27.2. The lowest BCUT2D eigenvalue weighted by Crippen LogP contribution is -1.97. The van der Waals surface area contributed by atoms with Gasteiger partial charge in [0, 0.05) is 4.47 Å². The van der Waals surface area contributed by atoms with E-state index < -0.39 is 11.6 Å². The maximum atomic E-state index is 13.4. The Balaban J connectivity index is 2.15. The van der Waals surface area contributed by atoms with Crippen molar-refractivity contribution in [3.63, 3.8) is 0 Å². The van der Waals surface area contributed by atoms with Crippen LogP contribution in [0.3, 0.4) is 0 Å². The van der Waals surface area contributed by atoms with Crippen molar-refractivity contribution in [2.24, 2.45) is 5.10 Å². The summed E-state index contributed by atoms with van der Waals surface area (Å²) in [5, 5.41) is 3.79. The minimum atomic E-state index is -0.666. The Morgan fingerprint density at radius 1 is 1.06 bits per heavy atom. The molecule has 0 unspecified atom stereocenters. The van der Waals surface area contributed by atoms with E-state index in [0.717, 1.165) is 11.9 Å². The predicted molar refractivity (Wildman–Crippen MR) is 71.7 cm³/mol. The third-order valence-corrected chi connectivity index (χ3v) is 2.66. The highest BCUT2D eigenvalue weighted by molar-refractivity contribution is 9.10. The van der Waals surface area contributed by atoms with Gasteiger partial charge in [0.05, 0.1) is 17.5 Å². The molecule has 0 saturated heterocycles. The Kier molecular flexibility index (Phi) is 4.04. The van der Waals surface area contributed by atoms with Crippen LogP contribution in [0.5, 0.6) is 0 Å². The second-order valence-corrected chi connectivity index (χ2v) is 4.43. The van der Waals surface area contributed by atoms with Crippen LogP contribution in [0.25, 0.3) is 0 Å². The van der Waals surface area contributed by atoms with Crippen LogP contribution in [0.15, 0.2) is 52.0 Å². The van der Waals surface area contributed by atoms with Crippen molar-refractivity contribution >= 4 is 27.8 Å². The van der Waals surface area contributed by atoms with Gasteiger partial charge in [0.1, 0.15) is 11.6 Å². The molecule has 0 aromatic heterocycles. The molecule has 0 atom stereocenters. The highest BCUT2D eigenvalue weighted by atomic mass is 79.9. The first-order valence-corrected chi connectivity index (χ1v) is 5.95. The maximum Gasteiger partial charge on any atom is 0.136 e. The fourth-order valence-electron chi connectivity index (χ4n) is 1.36. The van der Waals surface area contributed by atoms with E-state index in [1.807, 2.05) is 18.2 Å². The third-order valence-electron chi connectivity index (χ3n) is 2.20. The summed E-state index contributed by atoms with van der Waals surface area (Å²) in [5.41, 5.74) is 3.25. The molecule has 0 heterocycles. The Morgan fingerprint density at radius 3 is 2.28 bits per heavy atom. The molecule has 2 nitrogen and oxygen atoms in total. The Labute approximate surface area is 111 Å². The molecule has 0 aliphatic heterocycles. The number of anilines is 1. The van der Waals surface area contributed by atoms with Gasteiger partial charge in [0.15, 0.2) is 0 Å². The second kappa shape index (κ2) is 5.73. The van der Waals surface area contributed by atoms with Gasteiger partial charge in [0.2, 0.25) is 0 Å². The summed E-state index contributed by atoms with van der Waals surface area (Å²) in [6, 6.07) is 11.5. The van der Waals surface area contributed by atoms with Gasteiger partial charge in [0.25, 0.3) is 0 Å². The van der Waals surface area contributed by atoms with Crippen molar-refractivity contribution in [3.05, 3.63) is 64.1 Å². The van der Waals surface area contributed by atoms with E-state index in [-0.39, 0.29) is 5.56 Å². The monoisotopic (exact) mass is 310 g/mol. The average Bonchev–Trinajstić information content (AvgIpc) is 2.34. The van der Waals surface area contributed by atoms with Gasteiger partial charge in [-0.15, -0.1) is 0 Å². The number of hydrogen-bond donors (Lipinski definition) is 1. The zero-order valence-corrected chi connectivity index (χ0v) is 10.8. The normalized spacial score (nSPS) is 10.8. The molecule has 0 radical (unpaired) electrons. The van der Waals surface area contributed by atoms with Crippen molar-refractivity contribution in [2.75, 3.05) is 5.43 Å². The summed E-state index contributed by atoms with van der Waals surface area (Å²) in [5.74, 6) is -1.33. The molecule has 2 aromatic rings. The first kappa shape index (κ1) is 12.7. The Morgan fingerprint density at radius 2 is 1.67 bits per heavy atom. The van der Waals surface area contributed by atoms with Gasteiger partial charge < -0.3 is 0 Å². The largest absolute Gasteiger partial charge is 0.279 e. The molecule has 2 rings (SSSR count). The molecule has 0 bridgehead atoms. The number of nitrogens with zero attached hydrogens (tertiary/aromatic N) is 1. The van der Waals surface area contributed by atoms with Gasteiger partial charge in [-0.05, 0) is 24.3 Å². The molecule has 5 heteroatoms. The number of rotatable bonds is 3. The molecule has 0 aliphatic carbocycles. The van der Waals surface area contributed by atoms with Crippen molar-refractivity contribution < 1.29 is 8.78 Å². The molecular weight excluding hydrogens is 302 g/mol. The number of benzene rings is 2. The van der Waals surface area contributed by atoms with Crippen LogP contribution in [0.2, 0.25) is 0 Å². The van der Waals surface area contributed by atoms with Crippen molar-refractivity contribution in [3.8, 4) is 0 Å². The smallest absolute Gasteiger partial charge is 0.136 e. The molecule has 0 aliphatic rings. The van der Waals surface area contributed by atoms with E-state index in [9.17, 15) is 8.78 Å². The van der Waals surface area contributed by atoms with Gasteiger partial charge >= 0.3 is 0 Å². The van der Waals surface area contributed by atoms with Crippen LogP contribution in [0.4, 0.5) is 14.5 Å². The van der Waals surface area contributed by atoms with Gasteiger partial charge in [-0.2, -0.15) is 5.10 Å². The molecule has 92 valence electrons. The van der Waals surface area contributed by atoms with Crippen molar-refractivity contribution in [2.45, 2.75) is 0 Å². The molecule has 18 heavy (non-hydrogen) atoms. The first-order valence-electron chi connectivity index (χ1n) is 5.15. The van der Waals surface area contributed by atoms with Crippen LogP contribution in [0.1, 0.15) is 5.56 Å². The number of hydrogen-bond acceptors (Lipinski definition) is 2. The molecule has 0 saturated carbocycles. The van der Waals surface area contributed by atoms with Crippen LogP contribution in [-0.4, -0.2) is 6.21 Å². The fraction of sp³-hybridized carbons (Fsp3) is 0. The van der Waals surface area contributed by atoms with E-state index in [0.29, 0.717) is 4.47 Å². The second-order valence-electron chi connectivity index (χ2n) is 3.52. The SMILES string of the molecule is Fc1cc(Br)cc(F)c1C=NNc1ccccc1. The molecule has 0 amide bonds. The number of nitrogens with one attached hydrogen (secondary N) is 1. The van der Waals surface area contributed by atoms with E-state index in [4.69, 9.17) is 0 Å². The van der Waals surface area contributed by atoms with E-state index >= 15 is 0 Å². The quantitative estimate of drug-likeness (QED) is 0.667. The standard InChI is InChI=1S/C13H9BrF2N2/c14-9-6-12(15)11(13(16)7-9)8-17-18-10-4-2-1-3-5-10/h1-8,18H. The lowest BCUT2D eigenvalue weighted by molar-refractivity contribution is 0.578. The lowest BCUT2D eigenvalue weighted by atomic mass is 10.2. The topological polar surface area (TPSA) is 24.4 Å². The minimum absolute atomic E-state index is 0.179. The summed E-state index contributed by atoms with van der Waals surface area (Å²) in [4.78, 5) is 0. The first-order chi connectivity index (χ1) is 8.66. The van der Waals surface area contributed by atoms with E-state index in [1.54, 1.807) is 12.1 Å². The van der Waals surface area contributed by atoms with Gasteiger partial charge in [-0.25, -0.2) is 8.78 Å². The van der Waals surface area contributed by atoms with Crippen LogP contribution in [-0.2, 0) is 0 Å². The fourth-order valence-corrected chi connectivity index (χ4v) is 1.76. The predicted octanol–water partition coefficient (Wildman–Crippen LogP) is 4.17. The molecule has 0 fully saturated rings. The van der Waals surface area contributed by atoms with Crippen LogP contribution < -0.4 is 5.43 Å². The van der Waals surface area contributed by atoms with Gasteiger partial charge in [-0.3, -0.25) is 5.43 Å². The minimum Gasteiger partial charge on any atom is -0.279 e. The average molecular weight is 311 g/mol. The number of halogens is 3. The van der Waals surface area contributed by atoms with Crippen LogP contribution >= 0.6 is 15.9 Å². The summed E-state index contributed by atoms with van der Waals surface area (Å²) in [6.45, 7) is 0. The molecule has 2 aromatic carbocycles.